The molecule has 0 saturated carbocycles. The van der Waals surface area contributed by atoms with Crippen LogP contribution in [0.5, 0.6) is 5.75 Å². The van der Waals surface area contributed by atoms with E-state index < -0.39 is 0 Å². The number of rotatable bonds is 5. The van der Waals surface area contributed by atoms with E-state index in [0.29, 0.717) is 23.0 Å². The highest BCUT2D eigenvalue weighted by atomic mass is 16.5. The number of carbonyl (C=O) groups is 1. The van der Waals surface area contributed by atoms with Crippen LogP contribution < -0.4 is 15.4 Å². The van der Waals surface area contributed by atoms with Crippen LogP contribution in [0, 0.1) is 6.92 Å². The van der Waals surface area contributed by atoms with Gasteiger partial charge in [0.25, 0.3) is 5.91 Å². The molecule has 116 valence electrons. The van der Waals surface area contributed by atoms with Gasteiger partial charge in [-0.15, -0.1) is 0 Å². The minimum absolute atomic E-state index is 0.131. The number of aryl methyl sites for hydroxylation is 1. The topological polar surface area (TPSA) is 89.3 Å². The standard InChI is InChI=1S/C15H18N4O3/c1-10-17-14(19-22-10)9-21-13-5-3-2-4-12(13)15(20)18-11-6-7-16-8-11/h2-5,11,16H,6-9H2,1H3,(H,18,20)/t11-/m1/s1. The lowest BCUT2D eigenvalue weighted by atomic mass is 10.1. The van der Waals surface area contributed by atoms with Gasteiger partial charge in [0.15, 0.2) is 6.61 Å². The van der Waals surface area contributed by atoms with Crippen LogP contribution >= 0.6 is 0 Å². The number of hydrogen-bond acceptors (Lipinski definition) is 6. The van der Waals surface area contributed by atoms with Crippen molar-refractivity contribution in [2.45, 2.75) is 26.0 Å². The lowest BCUT2D eigenvalue weighted by Gasteiger charge is -2.14. The molecule has 3 rings (SSSR count). The molecule has 2 heterocycles. The Hall–Kier alpha value is -2.41. The Morgan fingerprint density at radius 3 is 3.09 bits per heavy atom. The summed E-state index contributed by atoms with van der Waals surface area (Å²) >= 11 is 0. The number of nitrogens with zero attached hydrogens (tertiary/aromatic N) is 2. The second-order valence-corrected chi connectivity index (χ2v) is 5.18. The normalized spacial score (nSPS) is 17.4. The number of nitrogens with one attached hydrogen (secondary N) is 2. The van der Waals surface area contributed by atoms with Crippen LogP contribution in [0.4, 0.5) is 0 Å². The molecule has 0 aliphatic carbocycles. The van der Waals surface area contributed by atoms with E-state index in [1.54, 1.807) is 19.1 Å². The summed E-state index contributed by atoms with van der Waals surface area (Å²) in [6.45, 7) is 3.61. The smallest absolute Gasteiger partial charge is 0.255 e. The predicted octanol–water partition coefficient (Wildman–Crippen LogP) is 1.05. The number of ether oxygens (including phenoxy) is 1. The quantitative estimate of drug-likeness (QED) is 0.858. The van der Waals surface area contributed by atoms with Gasteiger partial charge in [-0.1, -0.05) is 17.3 Å². The molecular weight excluding hydrogens is 284 g/mol. The first-order valence-electron chi connectivity index (χ1n) is 7.25. The monoisotopic (exact) mass is 302 g/mol. The number of aromatic nitrogens is 2. The van der Waals surface area contributed by atoms with E-state index in [4.69, 9.17) is 9.26 Å². The highest BCUT2D eigenvalue weighted by Crippen LogP contribution is 2.19. The van der Waals surface area contributed by atoms with Gasteiger partial charge in [-0.05, 0) is 25.1 Å². The third-order valence-electron chi connectivity index (χ3n) is 3.45. The Kier molecular flexibility index (Phi) is 4.34. The second kappa shape index (κ2) is 6.57. The molecule has 0 radical (unpaired) electrons. The number of benzene rings is 1. The SMILES string of the molecule is Cc1nc(COc2ccccc2C(=O)N[C@@H]2CCNC2)no1. The zero-order chi connectivity index (χ0) is 15.4. The van der Waals surface area contributed by atoms with E-state index >= 15 is 0 Å². The fraction of sp³-hybridized carbons (Fsp3) is 0.400. The van der Waals surface area contributed by atoms with Gasteiger partial charge in [-0.2, -0.15) is 4.98 Å². The van der Waals surface area contributed by atoms with Gasteiger partial charge in [0.1, 0.15) is 5.75 Å². The van der Waals surface area contributed by atoms with Crippen LogP contribution in [-0.2, 0) is 6.61 Å². The molecule has 0 unspecified atom stereocenters. The Labute approximate surface area is 128 Å². The minimum atomic E-state index is -0.131. The summed E-state index contributed by atoms with van der Waals surface area (Å²) < 4.78 is 10.6. The van der Waals surface area contributed by atoms with Crippen LogP contribution in [0.15, 0.2) is 28.8 Å². The van der Waals surface area contributed by atoms with Gasteiger partial charge in [-0.3, -0.25) is 4.79 Å². The Bertz CT molecular complexity index is 650. The van der Waals surface area contributed by atoms with Gasteiger partial charge >= 0.3 is 0 Å². The van der Waals surface area contributed by atoms with E-state index in [1.165, 1.54) is 0 Å². The van der Waals surface area contributed by atoms with Gasteiger partial charge in [0.05, 0.1) is 5.56 Å². The first-order valence-corrected chi connectivity index (χ1v) is 7.25. The van der Waals surface area contributed by atoms with Crippen molar-refractivity contribution in [3.8, 4) is 5.75 Å². The van der Waals surface area contributed by atoms with Crippen LogP contribution in [0.25, 0.3) is 0 Å². The zero-order valence-corrected chi connectivity index (χ0v) is 12.3. The molecule has 1 saturated heterocycles. The zero-order valence-electron chi connectivity index (χ0n) is 12.3. The largest absolute Gasteiger partial charge is 0.485 e. The molecule has 22 heavy (non-hydrogen) atoms. The van der Waals surface area contributed by atoms with Crippen molar-refractivity contribution >= 4 is 5.91 Å². The molecule has 2 aromatic rings. The summed E-state index contributed by atoms with van der Waals surface area (Å²) in [7, 11) is 0. The van der Waals surface area contributed by atoms with E-state index in [1.807, 2.05) is 12.1 Å². The van der Waals surface area contributed by atoms with Gasteiger partial charge < -0.3 is 19.9 Å². The van der Waals surface area contributed by atoms with Crippen molar-refractivity contribution in [1.29, 1.82) is 0 Å². The van der Waals surface area contributed by atoms with Crippen molar-refractivity contribution in [2.24, 2.45) is 0 Å². The molecular formula is C15H18N4O3. The molecule has 1 atom stereocenters. The third kappa shape index (κ3) is 3.43. The van der Waals surface area contributed by atoms with Gasteiger partial charge in [0.2, 0.25) is 11.7 Å². The number of carbonyl (C=O) groups excluding carboxylic acids is 1. The average molecular weight is 302 g/mol. The van der Waals surface area contributed by atoms with E-state index in [2.05, 4.69) is 20.8 Å². The van der Waals surface area contributed by atoms with Crippen molar-refractivity contribution < 1.29 is 14.1 Å². The summed E-state index contributed by atoms with van der Waals surface area (Å²) in [5.41, 5.74) is 0.509. The number of para-hydroxylation sites is 1. The molecule has 1 aliphatic rings. The fourth-order valence-corrected chi connectivity index (χ4v) is 2.36. The van der Waals surface area contributed by atoms with E-state index in [-0.39, 0.29) is 18.6 Å². The van der Waals surface area contributed by atoms with Crippen molar-refractivity contribution in [1.82, 2.24) is 20.8 Å². The summed E-state index contributed by atoms with van der Waals surface area (Å²) in [6.07, 6.45) is 0.941. The average Bonchev–Trinajstić information content (AvgIpc) is 3.17. The summed E-state index contributed by atoms with van der Waals surface area (Å²) in [5.74, 6) is 1.31. The van der Waals surface area contributed by atoms with Gasteiger partial charge in [-0.25, -0.2) is 0 Å². The second-order valence-electron chi connectivity index (χ2n) is 5.18. The predicted molar refractivity (Wildman–Crippen MR) is 78.5 cm³/mol. The highest BCUT2D eigenvalue weighted by molar-refractivity contribution is 5.97. The highest BCUT2D eigenvalue weighted by Gasteiger charge is 2.19. The van der Waals surface area contributed by atoms with Crippen molar-refractivity contribution in [3.05, 3.63) is 41.5 Å². The third-order valence-corrected chi connectivity index (χ3v) is 3.45. The Morgan fingerprint density at radius 1 is 1.50 bits per heavy atom. The maximum Gasteiger partial charge on any atom is 0.255 e. The van der Waals surface area contributed by atoms with E-state index in [0.717, 1.165) is 19.5 Å². The molecule has 2 N–H and O–H groups in total. The summed E-state index contributed by atoms with van der Waals surface area (Å²) in [5, 5.41) is 10.00. The Morgan fingerprint density at radius 2 is 2.36 bits per heavy atom. The maximum atomic E-state index is 12.4. The number of hydrogen-bond donors (Lipinski definition) is 2. The molecule has 7 heteroatoms. The lowest BCUT2D eigenvalue weighted by molar-refractivity contribution is 0.0935. The van der Waals surface area contributed by atoms with Crippen LogP contribution in [0.1, 0.15) is 28.5 Å². The minimum Gasteiger partial charge on any atom is -0.485 e. The van der Waals surface area contributed by atoms with Gasteiger partial charge in [0, 0.05) is 19.5 Å². The molecule has 0 spiro atoms. The maximum absolute atomic E-state index is 12.4. The van der Waals surface area contributed by atoms with Crippen LogP contribution in [-0.4, -0.2) is 35.2 Å². The number of amides is 1. The fourth-order valence-electron chi connectivity index (χ4n) is 2.36. The molecule has 1 aromatic carbocycles. The molecule has 1 amide bonds. The van der Waals surface area contributed by atoms with Crippen molar-refractivity contribution in [3.63, 3.8) is 0 Å². The van der Waals surface area contributed by atoms with Crippen LogP contribution in [0.2, 0.25) is 0 Å². The molecule has 1 aromatic heterocycles. The van der Waals surface area contributed by atoms with E-state index in [9.17, 15) is 4.79 Å². The summed E-state index contributed by atoms with van der Waals surface area (Å²) in [4.78, 5) is 16.4. The first-order chi connectivity index (χ1) is 10.7. The first kappa shape index (κ1) is 14.5. The molecule has 1 aliphatic heterocycles. The Balaban J connectivity index is 1.67. The van der Waals surface area contributed by atoms with Crippen molar-refractivity contribution in [2.75, 3.05) is 13.1 Å². The van der Waals surface area contributed by atoms with Crippen LogP contribution in [0.3, 0.4) is 0 Å². The molecule has 1 fully saturated rings. The summed E-state index contributed by atoms with van der Waals surface area (Å²) in [6, 6.07) is 7.31. The molecule has 7 nitrogen and oxygen atoms in total. The lowest BCUT2D eigenvalue weighted by Crippen LogP contribution is -2.36. The molecule has 0 bridgehead atoms.